The van der Waals surface area contributed by atoms with Gasteiger partial charge in [0.05, 0.1) is 0 Å². The molecule has 0 aromatic carbocycles. The van der Waals surface area contributed by atoms with Crippen LogP contribution in [0.5, 0.6) is 0 Å². The Morgan fingerprint density at radius 1 is 1.90 bits per heavy atom. The van der Waals surface area contributed by atoms with Crippen molar-refractivity contribution in [2.45, 2.75) is 6.92 Å². The fourth-order valence-electron chi connectivity index (χ4n) is 1.04. The van der Waals surface area contributed by atoms with E-state index in [1.54, 1.807) is 6.08 Å². The lowest BCUT2D eigenvalue weighted by molar-refractivity contribution is -0.132. The molecule has 0 spiro atoms. The molecule has 1 unspecified atom stereocenters. The molecule has 3 nitrogen and oxygen atoms in total. The lowest BCUT2D eigenvalue weighted by Gasteiger charge is -2.15. The highest BCUT2D eigenvalue weighted by molar-refractivity contribution is 5.87. The molecule has 1 rings (SSSR count). The smallest absolute Gasteiger partial charge is 0.332 e. The van der Waals surface area contributed by atoms with Crippen LogP contribution in [0.1, 0.15) is 6.92 Å². The second-order valence-corrected chi connectivity index (χ2v) is 2.61. The number of hydrogen-bond acceptors (Lipinski definition) is 2. The minimum absolute atomic E-state index is 0.347. The van der Waals surface area contributed by atoms with E-state index in [-0.39, 0.29) is 0 Å². The van der Waals surface area contributed by atoms with Crippen LogP contribution in [0, 0.1) is 5.92 Å². The maximum absolute atomic E-state index is 10.4. The summed E-state index contributed by atoms with van der Waals surface area (Å²) >= 11 is 0. The Morgan fingerprint density at radius 2 is 2.60 bits per heavy atom. The Kier molecular flexibility index (Phi) is 2.06. The summed E-state index contributed by atoms with van der Waals surface area (Å²) in [4.78, 5) is 10.4. The van der Waals surface area contributed by atoms with Crippen molar-refractivity contribution in [1.82, 2.24) is 5.32 Å². The van der Waals surface area contributed by atoms with Crippen LogP contribution in [0.3, 0.4) is 0 Å². The Labute approximate surface area is 59.7 Å². The summed E-state index contributed by atoms with van der Waals surface area (Å²) in [6.45, 7) is 3.38. The second-order valence-electron chi connectivity index (χ2n) is 2.61. The zero-order valence-corrected chi connectivity index (χ0v) is 5.92. The molecule has 1 aliphatic heterocycles. The third-order valence-electron chi connectivity index (χ3n) is 1.54. The number of nitrogens with one attached hydrogen (secondary N) is 1. The molecule has 0 aliphatic carbocycles. The summed E-state index contributed by atoms with van der Waals surface area (Å²) in [7, 11) is 0. The summed E-state index contributed by atoms with van der Waals surface area (Å²) in [5.41, 5.74) is 0.485. The molecule has 1 heterocycles. The van der Waals surface area contributed by atoms with Gasteiger partial charge in [-0.3, -0.25) is 0 Å². The molecule has 3 heteroatoms. The van der Waals surface area contributed by atoms with Gasteiger partial charge in [-0.05, 0) is 5.92 Å². The first-order chi connectivity index (χ1) is 4.70. The third-order valence-corrected chi connectivity index (χ3v) is 1.54. The molecule has 1 aliphatic rings. The normalized spacial score (nSPS) is 25.7. The number of hydrogen-bond donors (Lipinski definition) is 2. The van der Waals surface area contributed by atoms with Gasteiger partial charge in [0.2, 0.25) is 0 Å². The van der Waals surface area contributed by atoms with Gasteiger partial charge in [-0.1, -0.05) is 13.0 Å². The van der Waals surface area contributed by atoms with Gasteiger partial charge in [0.25, 0.3) is 0 Å². The van der Waals surface area contributed by atoms with E-state index >= 15 is 0 Å². The van der Waals surface area contributed by atoms with Crippen LogP contribution in [-0.2, 0) is 4.79 Å². The summed E-state index contributed by atoms with van der Waals surface area (Å²) in [5.74, 6) is -0.459. The maximum atomic E-state index is 10.4. The fourth-order valence-corrected chi connectivity index (χ4v) is 1.04. The third kappa shape index (κ3) is 1.57. The van der Waals surface area contributed by atoms with E-state index in [2.05, 4.69) is 5.32 Å². The highest BCUT2D eigenvalue weighted by Gasteiger charge is 2.13. The zero-order chi connectivity index (χ0) is 7.56. The van der Waals surface area contributed by atoms with E-state index in [9.17, 15) is 4.79 Å². The first kappa shape index (κ1) is 7.28. The van der Waals surface area contributed by atoms with Gasteiger partial charge >= 0.3 is 5.97 Å². The monoisotopic (exact) mass is 141 g/mol. The first-order valence-electron chi connectivity index (χ1n) is 3.35. The Balaban J connectivity index is 2.66. The van der Waals surface area contributed by atoms with Crippen LogP contribution in [0.2, 0.25) is 0 Å². The number of rotatable bonds is 1. The predicted octanol–water partition coefficient (Wildman–Crippen LogP) is 0.237. The summed E-state index contributed by atoms with van der Waals surface area (Å²) in [6.07, 6.45) is 1.80. The number of carboxylic acids is 1. The van der Waals surface area contributed by atoms with Crippen LogP contribution < -0.4 is 5.32 Å². The van der Waals surface area contributed by atoms with Crippen LogP contribution in [0.4, 0.5) is 0 Å². The molecule has 1 atom stereocenters. The molecule has 0 amide bonds. The SMILES string of the molecule is CC1C=C(C(=O)O)CNC1. The van der Waals surface area contributed by atoms with Crippen LogP contribution in [-0.4, -0.2) is 24.2 Å². The average Bonchev–Trinajstić information content (AvgIpc) is 1.88. The van der Waals surface area contributed by atoms with E-state index < -0.39 is 5.97 Å². The van der Waals surface area contributed by atoms with Gasteiger partial charge in [0.1, 0.15) is 0 Å². The molecule has 0 aromatic heterocycles. The number of carbonyl (C=O) groups is 1. The van der Waals surface area contributed by atoms with Gasteiger partial charge in [0, 0.05) is 18.7 Å². The standard InChI is InChI=1S/C7H11NO2/c1-5-2-6(7(9)10)4-8-3-5/h2,5,8H,3-4H2,1H3,(H,9,10). The molecule has 0 saturated heterocycles. The summed E-state index contributed by atoms with van der Waals surface area (Å²) < 4.78 is 0. The van der Waals surface area contributed by atoms with E-state index in [0.29, 0.717) is 18.0 Å². The first-order valence-corrected chi connectivity index (χ1v) is 3.35. The molecule has 0 bridgehead atoms. The van der Waals surface area contributed by atoms with Gasteiger partial charge in [-0.2, -0.15) is 0 Å². The maximum Gasteiger partial charge on any atom is 0.332 e. The van der Waals surface area contributed by atoms with Crippen molar-refractivity contribution < 1.29 is 9.90 Å². The van der Waals surface area contributed by atoms with Gasteiger partial charge in [-0.25, -0.2) is 4.79 Å². The van der Waals surface area contributed by atoms with Gasteiger partial charge in [-0.15, -0.1) is 0 Å². The highest BCUT2D eigenvalue weighted by Crippen LogP contribution is 2.06. The minimum Gasteiger partial charge on any atom is -0.478 e. The van der Waals surface area contributed by atoms with E-state index in [1.165, 1.54) is 0 Å². The van der Waals surface area contributed by atoms with Crippen LogP contribution >= 0.6 is 0 Å². The number of aliphatic carboxylic acids is 1. The molecule has 0 radical (unpaired) electrons. The van der Waals surface area contributed by atoms with Gasteiger partial charge < -0.3 is 10.4 Å². The van der Waals surface area contributed by atoms with Crippen molar-refractivity contribution in [2.75, 3.05) is 13.1 Å². The average molecular weight is 141 g/mol. The van der Waals surface area contributed by atoms with E-state index in [1.807, 2.05) is 6.92 Å². The van der Waals surface area contributed by atoms with Gasteiger partial charge in [0.15, 0.2) is 0 Å². The Morgan fingerprint density at radius 3 is 3.00 bits per heavy atom. The van der Waals surface area contributed by atoms with Crippen molar-refractivity contribution in [3.05, 3.63) is 11.6 Å². The topological polar surface area (TPSA) is 49.3 Å². The Hall–Kier alpha value is -0.830. The van der Waals surface area contributed by atoms with Crippen LogP contribution in [0.25, 0.3) is 0 Å². The summed E-state index contributed by atoms with van der Waals surface area (Å²) in [6, 6.07) is 0. The van der Waals surface area contributed by atoms with Crippen molar-refractivity contribution in [1.29, 1.82) is 0 Å². The van der Waals surface area contributed by atoms with Crippen LogP contribution in [0.15, 0.2) is 11.6 Å². The second kappa shape index (κ2) is 2.84. The summed E-state index contributed by atoms with van der Waals surface area (Å²) in [5, 5.41) is 11.6. The van der Waals surface area contributed by atoms with E-state index in [0.717, 1.165) is 6.54 Å². The molecule has 0 fully saturated rings. The fraction of sp³-hybridized carbons (Fsp3) is 0.571. The zero-order valence-electron chi connectivity index (χ0n) is 5.92. The Bertz CT molecular complexity index is 174. The molecular formula is C7H11NO2. The molecule has 10 heavy (non-hydrogen) atoms. The van der Waals surface area contributed by atoms with Crippen molar-refractivity contribution in [3.63, 3.8) is 0 Å². The minimum atomic E-state index is -0.806. The predicted molar refractivity (Wildman–Crippen MR) is 37.8 cm³/mol. The quantitative estimate of drug-likeness (QED) is 0.549. The highest BCUT2D eigenvalue weighted by atomic mass is 16.4. The van der Waals surface area contributed by atoms with Crippen molar-refractivity contribution >= 4 is 5.97 Å². The molecular weight excluding hydrogens is 130 g/mol. The lowest BCUT2D eigenvalue weighted by Crippen LogP contribution is -2.30. The molecule has 56 valence electrons. The molecule has 0 saturated carbocycles. The molecule has 2 N–H and O–H groups in total. The van der Waals surface area contributed by atoms with E-state index in [4.69, 9.17) is 5.11 Å². The van der Waals surface area contributed by atoms with Crippen molar-refractivity contribution in [3.8, 4) is 0 Å². The van der Waals surface area contributed by atoms with Crippen molar-refractivity contribution in [2.24, 2.45) is 5.92 Å². The number of carboxylic acid groups (broad SMARTS) is 1. The molecule has 0 aromatic rings. The lowest BCUT2D eigenvalue weighted by atomic mass is 10.0. The largest absolute Gasteiger partial charge is 0.478 e.